The molecule has 0 radical (unpaired) electrons. The number of hydrogen-bond donors (Lipinski definition) is 5. The number of carbonyl (C=O) groups excluding carboxylic acids is 11. The lowest BCUT2D eigenvalue weighted by Crippen LogP contribution is -2.63. The Labute approximate surface area is 508 Å². The molecule has 1 fully saturated rings. The highest BCUT2D eigenvalue weighted by Gasteiger charge is 2.45. The minimum atomic E-state index is -1.61. The Morgan fingerprint density at radius 3 is 1.32 bits per heavy atom. The Kier molecular flexibility index (Phi) is 31.5. The summed E-state index contributed by atoms with van der Waals surface area (Å²) in [5.74, 6) is -9.71. The third kappa shape index (κ3) is 21.7. The first-order valence-corrected chi connectivity index (χ1v) is 30.6. The van der Waals surface area contributed by atoms with Crippen molar-refractivity contribution in [2.24, 2.45) is 41.4 Å². The molecule has 486 valence electrons. The van der Waals surface area contributed by atoms with Crippen LogP contribution >= 0.6 is 0 Å². The smallest absolute Gasteiger partial charge is 0.246 e. The molecule has 1 aliphatic rings. The van der Waals surface area contributed by atoms with Crippen LogP contribution in [0.1, 0.15) is 156 Å². The summed E-state index contributed by atoms with van der Waals surface area (Å²) in [5.41, 5.74) is 0. The predicted octanol–water partition coefficient (Wildman–Crippen LogP) is 3.27. The second-order valence-corrected chi connectivity index (χ2v) is 26.1. The van der Waals surface area contributed by atoms with Gasteiger partial charge in [0.25, 0.3) is 0 Å². The molecule has 85 heavy (non-hydrogen) atoms. The minimum absolute atomic E-state index is 0.0229. The standard InChI is InChI=1S/C62H111N11O12/c1-25-27-28-40(15)52(75)51-56(79)65-43(26-2)58(81)67(18)33-48(74)68(19)44(29-34(3)4)55(78)66-49(38(11)12)61(84)69(20)45(30-35(5)6)54(77)63-41(16)53(76)64-42(17)57(80)70(21)46(31-36(7)8)59(82)71(22)47(32-37(9)10)60(83)72(23)50(39(13)14)62(85)73(51)24/h25,27,34-47,49-52,75H,26,28-33H2,1-24H3,(H,63,77)(H,64,76)(H,65,79)(H,66,78)/t40-,41+,42+,43+,44+,45-,46-,47-,49-,50+,51-,52+/m0/s1. The summed E-state index contributed by atoms with van der Waals surface area (Å²) in [5, 5.41) is 23.1. The monoisotopic (exact) mass is 1200 g/mol. The van der Waals surface area contributed by atoms with Crippen LogP contribution in [0.5, 0.6) is 0 Å². The van der Waals surface area contributed by atoms with E-state index in [1.54, 1.807) is 54.5 Å². The molecular weight excluding hydrogens is 1090 g/mol. The largest absolute Gasteiger partial charge is 0.390 e. The maximum Gasteiger partial charge on any atom is 0.246 e. The van der Waals surface area contributed by atoms with Crippen LogP contribution in [0, 0.1) is 41.4 Å². The molecule has 1 saturated heterocycles. The van der Waals surface area contributed by atoms with Crippen LogP contribution in [0.2, 0.25) is 0 Å². The molecule has 1 aliphatic heterocycles. The highest BCUT2D eigenvalue weighted by molar-refractivity contribution is 5.99. The van der Waals surface area contributed by atoms with E-state index in [0.29, 0.717) is 6.42 Å². The van der Waals surface area contributed by atoms with E-state index in [1.807, 2.05) is 61.5 Å². The summed E-state index contributed by atoms with van der Waals surface area (Å²) in [7, 11) is 9.92. The zero-order chi connectivity index (χ0) is 66.0. The van der Waals surface area contributed by atoms with E-state index in [2.05, 4.69) is 21.3 Å². The van der Waals surface area contributed by atoms with Crippen LogP contribution in [-0.4, -0.2) is 227 Å². The summed E-state index contributed by atoms with van der Waals surface area (Å²) >= 11 is 0. The van der Waals surface area contributed by atoms with Crippen molar-refractivity contribution in [3.8, 4) is 0 Å². The summed E-state index contributed by atoms with van der Waals surface area (Å²) in [6, 6.07) is -12.3. The number of likely N-dealkylation sites (N-methyl/N-ethyl adjacent to an activating group) is 7. The molecule has 0 spiro atoms. The van der Waals surface area contributed by atoms with Gasteiger partial charge in [-0.2, -0.15) is 0 Å². The van der Waals surface area contributed by atoms with Crippen LogP contribution in [0.3, 0.4) is 0 Å². The summed E-state index contributed by atoms with van der Waals surface area (Å²) in [6.07, 6.45) is 3.04. The molecular formula is C62H111N11O12. The molecule has 0 saturated carbocycles. The van der Waals surface area contributed by atoms with Gasteiger partial charge in [0.2, 0.25) is 65.0 Å². The van der Waals surface area contributed by atoms with E-state index < -0.39 is 156 Å². The lowest BCUT2D eigenvalue weighted by Gasteiger charge is -2.41. The highest BCUT2D eigenvalue weighted by atomic mass is 16.3. The normalized spacial score (nSPS) is 26.9. The van der Waals surface area contributed by atoms with Crippen molar-refractivity contribution in [1.29, 1.82) is 0 Å². The molecule has 0 unspecified atom stereocenters. The minimum Gasteiger partial charge on any atom is -0.390 e. The number of amides is 11. The zero-order valence-electron chi connectivity index (χ0n) is 56.1. The van der Waals surface area contributed by atoms with Crippen molar-refractivity contribution in [3.63, 3.8) is 0 Å². The Bertz CT molecular complexity index is 2330. The first-order valence-electron chi connectivity index (χ1n) is 30.6. The quantitative estimate of drug-likeness (QED) is 0.148. The topological polar surface area (TPSA) is 279 Å². The van der Waals surface area contributed by atoms with E-state index in [-0.39, 0.29) is 55.8 Å². The first-order chi connectivity index (χ1) is 39.2. The van der Waals surface area contributed by atoms with Gasteiger partial charge in [0.1, 0.15) is 60.4 Å². The van der Waals surface area contributed by atoms with Crippen molar-refractivity contribution in [1.82, 2.24) is 55.6 Å². The molecule has 1 rings (SSSR count). The molecule has 0 aromatic carbocycles. The van der Waals surface area contributed by atoms with Gasteiger partial charge in [-0.1, -0.05) is 109 Å². The van der Waals surface area contributed by atoms with E-state index in [4.69, 9.17) is 0 Å². The van der Waals surface area contributed by atoms with Crippen LogP contribution in [0.25, 0.3) is 0 Å². The fourth-order valence-corrected chi connectivity index (χ4v) is 10.7. The lowest BCUT2D eigenvalue weighted by atomic mass is 9.91. The van der Waals surface area contributed by atoms with Crippen LogP contribution < -0.4 is 21.3 Å². The fourth-order valence-electron chi connectivity index (χ4n) is 10.7. The Morgan fingerprint density at radius 2 is 0.871 bits per heavy atom. The van der Waals surface area contributed by atoms with E-state index in [9.17, 15) is 48.3 Å². The average Bonchev–Trinajstić information content (AvgIpc) is 3.62. The number of aliphatic hydroxyl groups excluding tert-OH is 1. The molecule has 0 aromatic rings. The molecule has 5 N–H and O–H groups in total. The number of nitrogens with zero attached hydrogens (tertiary/aromatic N) is 7. The van der Waals surface area contributed by atoms with Crippen LogP contribution in [0.15, 0.2) is 12.2 Å². The van der Waals surface area contributed by atoms with Crippen molar-refractivity contribution in [2.45, 2.75) is 223 Å². The third-order valence-electron chi connectivity index (χ3n) is 16.1. The summed E-state index contributed by atoms with van der Waals surface area (Å²) in [6.45, 7) is 29.3. The Morgan fingerprint density at radius 1 is 0.459 bits per heavy atom. The Hall–Kier alpha value is -6.13. The van der Waals surface area contributed by atoms with Gasteiger partial charge >= 0.3 is 0 Å². The molecule has 12 atom stereocenters. The lowest BCUT2D eigenvalue weighted by molar-refractivity contribution is -0.157. The van der Waals surface area contributed by atoms with Crippen molar-refractivity contribution in [3.05, 3.63) is 12.2 Å². The summed E-state index contributed by atoms with van der Waals surface area (Å²) < 4.78 is 0. The highest BCUT2D eigenvalue weighted by Crippen LogP contribution is 2.26. The first kappa shape index (κ1) is 76.9. The maximum atomic E-state index is 15.1. The van der Waals surface area contributed by atoms with Gasteiger partial charge in [0.15, 0.2) is 0 Å². The van der Waals surface area contributed by atoms with Crippen molar-refractivity contribution < 1.29 is 57.8 Å². The average molecular weight is 1200 g/mol. The molecule has 1 heterocycles. The van der Waals surface area contributed by atoms with Gasteiger partial charge in [-0.25, -0.2) is 0 Å². The summed E-state index contributed by atoms with van der Waals surface area (Å²) in [4.78, 5) is 169. The van der Waals surface area contributed by atoms with Gasteiger partial charge in [0.05, 0.1) is 12.6 Å². The number of allylic oxidation sites excluding steroid dienone is 2. The van der Waals surface area contributed by atoms with E-state index >= 15 is 9.59 Å². The number of carbonyl (C=O) groups is 11. The molecule has 0 bridgehead atoms. The zero-order valence-corrected chi connectivity index (χ0v) is 56.1. The number of nitrogens with one attached hydrogen (secondary N) is 4. The second kappa shape index (κ2) is 34.9. The SMILES string of the molecule is CC=CC[C@H](C)[C@@H](O)[C@H]1C(=O)N[C@H](CC)C(=O)N(C)CC(=O)N(C)[C@H](CC(C)C)C(=O)N[C@@H](C(C)C)C(=O)N(C)[C@@H](CC(C)C)C(=O)N[C@H](C)C(=O)N[C@H](C)C(=O)N(C)[C@@H](CC(C)C)C(=O)N(C)[C@@H](CC(C)C)C(=O)N(C)[C@H](C(C)C)C(=O)N1C. The molecule has 0 aliphatic carbocycles. The fraction of sp³-hybridized carbons (Fsp3) is 0.790. The third-order valence-corrected chi connectivity index (χ3v) is 16.1. The number of hydrogen-bond acceptors (Lipinski definition) is 12. The molecule has 0 aromatic heterocycles. The van der Waals surface area contributed by atoms with Gasteiger partial charge < -0.3 is 60.7 Å². The Balaban J connectivity index is 4.32. The van der Waals surface area contributed by atoms with Gasteiger partial charge in [-0.05, 0) is 101 Å². The van der Waals surface area contributed by atoms with Gasteiger partial charge in [0, 0.05) is 49.3 Å². The molecule has 23 nitrogen and oxygen atoms in total. The maximum absolute atomic E-state index is 15.1. The van der Waals surface area contributed by atoms with E-state index in [1.165, 1.54) is 87.7 Å². The molecule has 23 heteroatoms. The van der Waals surface area contributed by atoms with Crippen LogP contribution in [-0.2, 0) is 52.7 Å². The number of rotatable bonds is 15. The second-order valence-electron chi connectivity index (χ2n) is 26.1. The van der Waals surface area contributed by atoms with Gasteiger partial charge in [-0.15, -0.1) is 0 Å². The van der Waals surface area contributed by atoms with Crippen LogP contribution in [0.4, 0.5) is 0 Å². The van der Waals surface area contributed by atoms with Crippen molar-refractivity contribution >= 4 is 65.0 Å². The van der Waals surface area contributed by atoms with Gasteiger partial charge in [-0.3, -0.25) is 52.7 Å². The number of aliphatic hydroxyl groups is 1. The van der Waals surface area contributed by atoms with Crippen molar-refractivity contribution in [2.75, 3.05) is 55.9 Å². The molecule has 11 amide bonds. The van der Waals surface area contributed by atoms with E-state index in [0.717, 1.165) is 9.80 Å². The predicted molar refractivity (Wildman–Crippen MR) is 328 cm³/mol.